The summed E-state index contributed by atoms with van der Waals surface area (Å²) in [5, 5.41) is 3.36. The maximum atomic E-state index is 11.3. The zero-order valence-electron chi connectivity index (χ0n) is 9.65. The van der Waals surface area contributed by atoms with E-state index in [1.54, 1.807) is 0 Å². The highest BCUT2D eigenvalue weighted by Crippen LogP contribution is 2.08. The van der Waals surface area contributed by atoms with Gasteiger partial charge >= 0.3 is 0 Å². The number of halogens is 1. The molecule has 0 spiro atoms. The molecule has 1 aliphatic heterocycles. The van der Waals surface area contributed by atoms with Crippen LogP contribution in [0.2, 0.25) is 0 Å². The third kappa shape index (κ3) is 4.81. The Bertz CT molecular complexity index is 233. The predicted octanol–water partition coefficient (Wildman–Crippen LogP) is 2.10. The summed E-state index contributed by atoms with van der Waals surface area (Å²) in [6.07, 6.45) is 7.31. The molecule has 0 atom stereocenters. The molecule has 0 saturated carbocycles. The molecule has 1 heterocycles. The second kappa shape index (κ2) is 8.36. The van der Waals surface area contributed by atoms with Gasteiger partial charge in [0.2, 0.25) is 5.91 Å². The number of carbonyl (C=O) groups excluding carboxylic acids is 1. The van der Waals surface area contributed by atoms with Crippen LogP contribution in [0.3, 0.4) is 0 Å². The molecule has 0 bridgehead atoms. The van der Waals surface area contributed by atoms with E-state index in [9.17, 15) is 4.79 Å². The first-order chi connectivity index (χ1) is 7.27. The lowest BCUT2D eigenvalue weighted by atomic mass is 10.1. The summed E-state index contributed by atoms with van der Waals surface area (Å²) in [7, 11) is 0. The quantitative estimate of drug-likeness (QED) is 0.696. The summed E-state index contributed by atoms with van der Waals surface area (Å²) < 4.78 is 0. The lowest BCUT2D eigenvalue weighted by Crippen LogP contribution is -2.40. The van der Waals surface area contributed by atoms with E-state index in [2.05, 4.69) is 18.5 Å². The Labute approximate surface area is 104 Å². The maximum Gasteiger partial charge on any atom is 0.223 e. The molecular formula is C12H21ClN2O. The average molecular weight is 245 g/mol. The minimum absolute atomic E-state index is 0. The molecule has 0 unspecified atom stereocenters. The van der Waals surface area contributed by atoms with Crippen molar-refractivity contribution in [1.29, 1.82) is 0 Å². The SMILES string of the molecule is C=CCC(CC=C)NCN1CCCC1=O.Cl. The van der Waals surface area contributed by atoms with Crippen molar-refractivity contribution < 1.29 is 4.79 Å². The molecule has 3 nitrogen and oxygen atoms in total. The summed E-state index contributed by atoms with van der Waals surface area (Å²) in [6.45, 7) is 8.99. The molecule has 0 radical (unpaired) electrons. The predicted molar refractivity (Wildman–Crippen MR) is 69.6 cm³/mol. The van der Waals surface area contributed by atoms with Crippen LogP contribution in [0.4, 0.5) is 0 Å². The van der Waals surface area contributed by atoms with Crippen LogP contribution in [0, 0.1) is 0 Å². The second-order valence-electron chi connectivity index (χ2n) is 3.87. The van der Waals surface area contributed by atoms with Crippen molar-refractivity contribution in [3.05, 3.63) is 25.3 Å². The number of likely N-dealkylation sites (tertiary alicyclic amines) is 1. The minimum Gasteiger partial charge on any atom is -0.330 e. The van der Waals surface area contributed by atoms with Crippen LogP contribution in [0.5, 0.6) is 0 Å². The zero-order valence-corrected chi connectivity index (χ0v) is 10.5. The molecule has 1 aliphatic rings. The van der Waals surface area contributed by atoms with Crippen molar-refractivity contribution in [3.63, 3.8) is 0 Å². The Morgan fingerprint density at radius 1 is 1.38 bits per heavy atom. The normalized spacial score (nSPS) is 15.1. The lowest BCUT2D eigenvalue weighted by Gasteiger charge is -2.21. The number of nitrogens with zero attached hydrogens (tertiary/aromatic N) is 1. The Kier molecular flexibility index (Phi) is 7.95. The van der Waals surface area contributed by atoms with Crippen molar-refractivity contribution in [2.75, 3.05) is 13.2 Å². The zero-order chi connectivity index (χ0) is 11.1. The van der Waals surface area contributed by atoms with E-state index in [4.69, 9.17) is 0 Å². The van der Waals surface area contributed by atoms with Crippen LogP contribution < -0.4 is 5.32 Å². The van der Waals surface area contributed by atoms with Gasteiger partial charge < -0.3 is 4.90 Å². The standard InChI is InChI=1S/C12H20N2O.ClH/c1-3-6-11(7-4-2)13-10-14-9-5-8-12(14)15;/h3-4,11,13H,1-2,5-10H2;1H. The van der Waals surface area contributed by atoms with Crippen LogP contribution in [0.25, 0.3) is 0 Å². The third-order valence-electron chi connectivity index (χ3n) is 2.64. The third-order valence-corrected chi connectivity index (χ3v) is 2.64. The van der Waals surface area contributed by atoms with Gasteiger partial charge in [-0.15, -0.1) is 25.6 Å². The van der Waals surface area contributed by atoms with Crippen molar-refractivity contribution >= 4 is 18.3 Å². The maximum absolute atomic E-state index is 11.3. The molecule has 0 aliphatic carbocycles. The van der Waals surface area contributed by atoms with E-state index in [0.717, 1.165) is 25.8 Å². The summed E-state index contributed by atoms with van der Waals surface area (Å²) >= 11 is 0. The summed E-state index contributed by atoms with van der Waals surface area (Å²) in [4.78, 5) is 13.2. The summed E-state index contributed by atoms with van der Waals surface area (Å²) in [5.74, 6) is 0.262. The van der Waals surface area contributed by atoms with Gasteiger partial charge in [-0.05, 0) is 19.3 Å². The van der Waals surface area contributed by atoms with Crippen molar-refractivity contribution in [2.45, 2.75) is 31.7 Å². The van der Waals surface area contributed by atoms with Gasteiger partial charge in [0.05, 0.1) is 6.67 Å². The van der Waals surface area contributed by atoms with Gasteiger partial charge in [0.1, 0.15) is 0 Å². The fourth-order valence-electron chi connectivity index (χ4n) is 1.78. The molecule has 1 fully saturated rings. The first kappa shape index (κ1) is 15.2. The van der Waals surface area contributed by atoms with Crippen LogP contribution in [0.1, 0.15) is 25.7 Å². The lowest BCUT2D eigenvalue weighted by molar-refractivity contribution is -0.128. The van der Waals surface area contributed by atoms with Gasteiger partial charge in [0, 0.05) is 19.0 Å². The fraction of sp³-hybridized carbons (Fsp3) is 0.583. The molecule has 0 aromatic rings. The highest BCUT2D eigenvalue weighted by molar-refractivity contribution is 5.85. The van der Waals surface area contributed by atoms with Crippen LogP contribution in [-0.2, 0) is 4.79 Å². The van der Waals surface area contributed by atoms with E-state index in [0.29, 0.717) is 19.1 Å². The smallest absolute Gasteiger partial charge is 0.223 e. The molecule has 0 aromatic carbocycles. The number of rotatable bonds is 7. The van der Waals surface area contributed by atoms with Gasteiger partial charge in [0.15, 0.2) is 0 Å². The number of hydrogen-bond donors (Lipinski definition) is 1. The van der Waals surface area contributed by atoms with E-state index in [1.807, 2.05) is 17.1 Å². The largest absolute Gasteiger partial charge is 0.330 e. The van der Waals surface area contributed by atoms with Crippen molar-refractivity contribution in [2.24, 2.45) is 0 Å². The van der Waals surface area contributed by atoms with Crippen molar-refractivity contribution in [1.82, 2.24) is 10.2 Å². The Balaban J connectivity index is 0.00000225. The Hall–Kier alpha value is -0.800. The van der Waals surface area contributed by atoms with Gasteiger partial charge in [-0.1, -0.05) is 12.2 Å². The molecule has 0 aromatic heterocycles. The molecule has 1 N–H and O–H groups in total. The molecular weight excluding hydrogens is 224 g/mol. The van der Waals surface area contributed by atoms with Gasteiger partial charge in [-0.25, -0.2) is 0 Å². The van der Waals surface area contributed by atoms with Gasteiger partial charge in [0.25, 0.3) is 0 Å². The number of hydrogen-bond acceptors (Lipinski definition) is 2. The van der Waals surface area contributed by atoms with Gasteiger partial charge in [-0.2, -0.15) is 0 Å². The highest BCUT2D eigenvalue weighted by atomic mass is 35.5. The fourth-order valence-corrected chi connectivity index (χ4v) is 1.78. The van der Waals surface area contributed by atoms with E-state index < -0.39 is 0 Å². The van der Waals surface area contributed by atoms with Crippen LogP contribution in [-0.4, -0.2) is 30.1 Å². The van der Waals surface area contributed by atoms with E-state index >= 15 is 0 Å². The summed E-state index contributed by atoms with van der Waals surface area (Å²) in [5.41, 5.74) is 0. The molecule has 16 heavy (non-hydrogen) atoms. The molecule has 1 rings (SSSR count). The van der Waals surface area contributed by atoms with Gasteiger partial charge in [-0.3, -0.25) is 10.1 Å². The first-order valence-electron chi connectivity index (χ1n) is 5.51. The topological polar surface area (TPSA) is 32.3 Å². The molecule has 4 heteroatoms. The van der Waals surface area contributed by atoms with E-state index in [1.165, 1.54) is 0 Å². The van der Waals surface area contributed by atoms with Crippen molar-refractivity contribution in [3.8, 4) is 0 Å². The first-order valence-corrected chi connectivity index (χ1v) is 5.51. The second-order valence-corrected chi connectivity index (χ2v) is 3.87. The highest BCUT2D eigenvalue weighted by Gasteiger charge is 2.19. The number of nitrogens with one attached hydrogen (secondary N) is 1. The Morgan fingerprint density at radius 3 is 2.44 bits per heavy atom. The molecule has 1 amide bonds. The number of carbonyl (C=O) groups is 1. The van der Waals surface area contributed by atoms with Crippen LogP contribution >= 0.6 is 12.4 Å². The molecule has 1 saturated heterocycles. The Morgan fingerprint density at radius 2 is 2.00 bits per heavy atom. The molecule has 92 valence electrons. The van der Waals surface area contributed by atoms with E-state index in [-0.39, 0.29) is 18.3 Å². The monoisotopic (exact) mass is 244 g/mol. The number of amides is 1. The average Bonchev–Trinajstić information content (AvgIpc) is 2.61. The minimum atomic E-state index is 0. The summed E-state index contributed by atoms with van der Waals surface area (Å²) in [6, 6.07) is 0.355. The van der Waals surface area contributed by atoms with Crippen LogP contribution in [0.15, 0.2) is 25.3 Å².